The van der Waals surface area contributed by atoms with E-state index in [0.29, 0.717) is 5.02 Å². The molecule has 1 aliphatic rings. The standard InChI is InChI=1S/C20H25ClN2OS/c1-3-15(12-14-8-4-5-9-14)19(24)23(2)20-22-18(13-25-20)16-10-6-7-11-17(16)21/h6-7,10-11,13-15H,3-5,8-9,12H2,1-2H3. The Morgan fingerprint density at radius 2 is 2.08 bits per heavy atom. The predicted octanol–water partition coefficient (Wildman–Crippen LogP) is 6.03. The van der Waals surface area contributed by atoms with E-state index in [1.54, 1.807) is 4.90 Å². The van der Waals surface area contributed by atoms with Crippen molar-refractivity contribution in [3.05, 3.63) is 34.7 Å². The summed E-state index contributed by atoms with van der Waals surface area (Å²) in [6, 6.07) is 7.67. The van der Waals surface area contributed by atoms with Crippen molar-refractivity contribution in [1.29, 1.82) is 0 Å². The zero-order chi connectivity index (χ0) is 17.8. The van der Waals surface area contributed by atoms with E-state index < -0.39 is 0 Å². The van der Waals surface area contributed by atoms with Crippen LogP contribution in [0.2, 0.25) is 5.02 Å². The number of aromatic nitrogens is 1. The molecule has 0 radical (unpaired) electrons. The van der Waals surface area contributed by atoms with E-state index in [2.05, 4.69) is 11.9 Å². The molecule has 1 aromatic heterocycles. The van der Waals surface area contributed by atoms with Crippen molar-refractivity contribution in [1.82, 2.24) is 4.98 Å². The van der Waals surface area contributed by atoms with Gasteiger partial charge in [-0.05, 0) is 24.8 Å². The average molecular weight is 377 g/mol. The second-order valence-corrected chi connectivity index (χ2v) is 8.13. The van der Waals surface area contributed by atoms with Crippen LogP contribution >= 0.6 is 22.9 Å². The highest BCUT2D eigenvalue weighted by Crippen LogP contribution is 2.34. The van der Waals surface area contributed by atoms with Gasteiger partial charge in [0.25, 0.3) is 0 Å². The summed E-state index contributed by atoms with van der Waals surface area (Å²) >= 11 is 7.76. The largest absolute Gasteiger partial charge is 0.291 e. The normalized spacial score (nSPS) is 16.1. The molecule has 0 N–H and O–H groups in total. The Kier molecular flexibility index (Phi) is 6.13. The van der Waals surface area contributed by atoms with Crippen LogP contribution in [0.25, 0.3) is 11.3 Å². The summed E-state index contributed by atoms with van der Waals surface area (Å²) in [4.78, 5) is 19.3. The van der Waals surface area contributed by atoms with Gasteiger partial charge in [0.1, 0.15) is 0 Å². The van der Waals surface area contributed by atoms with Crippen LogP contribution in [-0.4, -0.2) is 17.9 Å². The Bertz CT molecular complexity index is 724. The first-order chi connectivity index (χ1) is 12.1. The highest BCUT2D eigenvalue weighted by atomic mass is 35.5. The van der Waals surface area contributed by atoms with Gasteiger partial charge in [0.2, 0.25) is 5.91 Å². The van der Waals surface area contributed by atoms with E-state index in [-0.39, 0.29) is 11.8 Å². The second-order valence-electron chi connectivity index (χ2n) is 6.88. The number of hydrogen-bond acceptors (Lipinski definition) is 3. The number of amides is 1. The van der Waals surface area contributed by atoms with Crippen molar-refractivity contribution >= 4 is 34.0 Å². The lowest BCUT2D eigenvalue weighted by atomic mass is 9.90. The Morgan fingerprint density at radius 3 is 2.76 bits per heavy atom. The van der Waals surface area contributed by atoms with Crippen LogP contribution in [-0.2, 0) is 4.79 Å². The van der Waals surface area contributed by atoms with Gasteiger partial charge in [-0.25, -0.2) is 4.98 Å². The molecule has 1 unspecified atom stereocenters. The van der Waals surface area contributed by atoms with Crippen LogP contribution in [0, 0.1) is 11.8 Å². The molecule has 25 heavy (non-hydrogen) atoms. The van der Waals surface area contributed by atoms with Gasteiger partial charge < -0.3 is 0 Å². The van der Waals surface area contributed by atoms with Crippen LogP contribution in [0.4, 0.5) is 5.13 Å². The molecule has 1 aliphatic carbocycles. The van der Waals surface area contributed by atoms with Gasteiger partial charge in [-0.3, -0.25) is 9.69 Å². The van der Waals surface area contributed by atoms with Crippen LogP contribution in [0.5, 0.6) is 0 Å². The molecule has 1 fully saturated rings. The summed E-state index contributed by atoms with van der Waals surface area (Å²) in [6.07, 6.45) is 7.10. The summed E-state index contributed by atoms with van der Waals surface area (Å²) in [5, 5.41) is 3.39. The molecule has 1 heterocycles. The highest BCUT2D eigenvalue weighted by molar-refractivity contribution is 7.14. The molecule has 1 aromatic carbocycles. The number of rotatable bonds is 6. The van der Waals surface area contributed by atoms with Crippen molar-refractivity contribution in [3.8, 4) is 11.3 Å². The fourth-order valence-electron chi connectivity index (χ4n) is 3.67. The zero-order valence-electron chi connectivity index (χ0n) is 14.9. The summed E-state index contributed by atoms with van der Waals surface area (Å²) in [5.41, 5.74) is 1.74. The van der Waals surface area contributed by atoms with Gasteiger partial charge >= 0.3 is 0 Å². The van der Waals surface area contributed by atoms with Gasteiger partial charge in [-0.1, -0.05) is 62.4 Å². The minimum atomic E-state index is 0.0979. The van der Waals surface area contributed by atoms with Crippen LogP contribution in [0.15, 0.2) is 29.6 Å². The molecule has 1 saturated carbocycles. The molecule has 1 atom stereocenters. The molecule has 134 valence electrons. The number of nitrogens with zero attached hydrogens (tertiary/aromatic N) is 2. The van der Waals surface area contributed by atoms with Crippen molar-refractivity contribution < 1.29 is 4.79 Å². The smallest absolute Gasteiger partial charge is 0.231 e. The summed E-state index contributed by atoms with van der Waals surface area (Å²) in [7, 11) is 1.84. The lowest BCUT2D eigenvalue weighted by Gasteiger charge is -2.23. The van der Waals surface area contributed by atoms with Gasteiger partial charge in [0.15, 0.2) is 5.13 Å². The predicted molar refractivity (Wildman–Crippen MR) is 106 cm³/mol. The average Bonchev–Trinajstić information content (AvgIpc) is 3.30. The SMILES string of the molecule is CCC(CC1CCCC1)C(=O)N(C)c1nc(-c2ccccc2Cl)cs1. The molecule has 3 rings (SSSR count). The van der Waals surface area contributed by atoms with E-state index >= 15 is 0 Å². The molecule has 5 heteroatoms. The van der Waals surface area contributed by atoms with Crippen LogP contribution in [0.1, 0.15) is 45.4 Å². The number of carbonyl (C=O) groups excluding carboxylic acids is 1. The number of anilines is 1. The number of hydrogen-bond donors (Lipinski definition) is 0. The first-order valence-corrected chi connectivity index (χ1v) is 10.3. The lowest BCUT2D eigenvalue weighted by Crippen LogP contribution is -2.33. The van der Waals surface area contributed by atoms with Gasteiger partial charge in [0, 0.05) is 28.9 Å². The minimum Gasteiger partial charge on any atom is -0.291 e. The van der Waals surface area contributed by atoms with Crippen LogP contribution in [0.3, 0.4) is 0 Å². The molecule has 0 aliphatic heterocycles. The number of benzene rings is 1. The van der Waals surface area contributed by atoms with Crippen molar-refractivity contribution in [3.63, 3.8) is 0 Å². The fourth-order valence-corrected chi connectivity index (χ4v) is 4.70. The molecule has 1 amide bonds. The summed E-state index contributed by atoms with van der Waals surface area (Å²) < 4.78 is 0. The minimum absolute atomic E-state index is 0.0979. The third kappa shape index (κ3) is 4.24. The summed E-state index contributed by atoms with van der Waals surface area (Å²) in [5.74, 6) is 1.01. The quantitative estimate of drug-likeness (QED) is 0.616. The molecular weight excluding hydrogens is 352 g/mol. The Balaban J connectivity index is 1.72. The van der Waals surface area contributed by atoms with E-state index in [4.69, 9.17) is 11.6 Å². The third-order valence-electron chi connectivity index (χ3n) is 5.19. The van der Waals surface area contributed by atoms with Crippen molar-refractivity contribution in [2.75, 3.05) is 11.9 Å². The maximum atomic E-state index is 12.9. The van der Waals surface area contributed by atoms with Crippen molar-refractivity contribution in [2.45, 2.75) is 45.4 Å². The first kappa shape index (κ1) is 18.4. The molecule has 2 aromatic rings. The zero-order valence-corrected chi connectivity index (χ0v) is 16.4. The molecular formula is C20H25ClN2OS. The molecule has 0 saturated heterocycles. The Labute approximate surface area is 159 Å². The highest BCUT2D eigenvalue weighted by Gasteiger charge is 2.27. The monoisotopic (exact) mass is 376 g/mol. The second kappa shape index (κ2) is 8.33. The number of halogens is 1. The van der Waals surface area contributed by atoms with Gasteiger partial charge in [-0.2, -0.15) is 0 Å². The van der Waals surface area contributed by atoms with Crippen LogP contribution < -0.4 is 4.90 Å². The topological polar surface area (TPSA) is 33.2 Å². The molecule has 0 bridgehead atoms. The lowest BCUT2D eigenvalue weighted by molar-refractivity contribution is -0.122. The fraction of sp³-hybridized carbons (Fsp3) is 0.500. The van der Waals surface area contributed by atoms with E-state index in [0.717, 1.165) is 35.1 Å². The van der Waals surface area contributed by atoms with Gasteiger partial charge in [0.05, 0.1) is 5.69 Å². The Hall–Kier alpha value is -1.39. The first-order valence-electron chi connectivity index (χ1n) is 9.08. The number of thiazole rings is 1. The summed E-state index contributed by atoms with van der Waals surface area (Å²) in [6.45, 7) is 2.11. The molecule has 3 nitrogen and oxygen atoms in total. The van der Waals surface area contributed by atoms with E-state index in [9.17, 15) is 4.79 Å². The number of carbonyl (C=O) groups is 1. The third-order valence-corrected chi connectivity index (χ3v) is 6.44. The molecule has 0 spiro atoms. The maximum absolute atomic E-state index is 12.9. The maximum Gasteiger partial charge on any atom is 0.231 e. The van der Waals surface area contributed by atoms with E-state index in [1.165, 1.54) is 37.0 Å². The van der Waals surface area contributed by atoms with E-state index in [1.807, 2.05) is 36.7 Å². The van der Waals surface area contributed by atoms with Gasteiger partial charge in [-0.15, -0.1) is 11.3 Å². The van der Waals surface area contributed by atoms with Crippen molar-refractivity contribution in [2.24, 2.45) is 11.8 Å². The Morgan fingerprint density at radius 1 is 1.36 bits per heavy atom.